The predicted molar refractivity (Wildman–Crippen MR) is 114 cm³/mol. The minimum absolute atomic E-state index is 0.0282. The number of aromatic nitrogens is 1. The molecule has 0 unspecified atom stereocenters. The van der Waals surface area contributed by atoms with Crippen LogP contribution < -0.4 is 4.74 Å². The fourth-order valence-corrected chi connectivity index (χ4v) is 4.80. The van der Waals surface area contributed by atoms with E-state index in [-0.39, 0.29) is 12.0 Å². The van der Waals surface area contributed by atoms with E-state index >= 15 is 0 Å². The number of hydrogen-bond acceptors (Lipinski definition) is 7. The van der Waals surface area contributed by atoms with Crippen molar-refractivity contribution in [2.24, 2.45) is 0 Å². The molecule has 1 aromatic heterocycles. The Morgan fingerprint density at radius 1 is 1.00 bits per heavy atom. The van der Waals surface area contributed by atoms with Gasteiger partial charge in [0.15, 0.2) is 0 Å². The number of esters is 1. The first-order valence-corrected chi connectivity index (χ1v) is 11.3. The van der Waals surface area contributed by atoms with Crippen LogP contribution in [0.25, 0.3) is 0 Å². The zero-order valence-electron chi connectivity index (χ0n) is 17.2. The van der Waals surface area contributed by atoms with Gasteiger partial charge in [0.05, 0.1) is 12.7 Å². The Hall–Kier alpha value is -2.45. The van der Waals surface area contributed by atoms with Gasteiger partial charge in [0.2, 0.25) is 0 Å². The fourth-order valence-electron chi connectivity index (χ4n) is 4.25. The third-order valence-corrected chi connectivity index (χ3v) is 6.64. The maximum Gasteiger partial charge on any atom is 0.337 e. The number of amides is 1. The van der Waals surface area contributed by atoms with E-state index in [1.54, 1.807) is 41.8 Å². The molecule has 160 valence electrons. The molecule has 0 atom stereocenters. The van der Waals surface area contributed by atoms with Crippen molar-refractivity contribution in [1.82, 2.24) is 14.8 Å². The maximum atomic E-state index is 12.8. The van der Waals surface area contributed by atoms with Gasteiger partial charge >= 0.3 is 5.97 Å². The lowest BCUT2D eigenvalue weighted by Gasteiger charge is -2.41. The van der Waals surface area contributed by atoms with Crippen LogP contribution in [0.3, 0.4) is 0 Å². The number of carbonyl (C=O) groups is 2. The molecular formula is C22H27N3O4S. The quantitative estimate of drug-likeness (QED) is 0.681. The molecule has 2 saturated heterocycles. The molecule has 0 spiro atoms. The van der Waals surface area contributed by atoms with E-state index in [2.05, 4.69) is 9.88 Å². The average Bonchev–Trinajstić information content (AvgIpc) is 3.32. The molecule has 1 amide bonds. The van der Waals surface area contributed by atoms with E-state index in [1.807, 2.05) is 10.3 Å². The van der Waals surface area contributed by atoms with Gasteiger partial charge < -0.3 is 14.4 Å². The standard InChI is InChI=1S/C22H27N3O4S/c1-28-21(27)17-4-2-16(3-5-17)20(26)25-11-6-18(7-12-25)24-13-8-19(9-14-24)29-22-23-10-15-30-22/h2-5,10,15,18-19H,6-9,11-14H2,1H3. The zero-order valence-corrected chi connectivity index (χ0v) is 18.0. The molecule has 0 N–H and O–H groups in total. The lowest BCUT2D eigenvalue weighted by molar-refractivity contribution is 0.0424. The third kappa shape index (κ3) is 4.82. The Bertz CT molecular complexity index is 840. The van der Waals surface area contributed by atoms with Gasteiger partial charge in [0.25, 0.3) is 11.1 Å². The van der Waals surface area contributed by atoms with Gasteiger partial charge in [-0.25, -0.2) is 9.78 Å². The first-order chi connectivity index (χ1) is 14.6. The van der Waals surface area contributed by atoms with Crippen LogP contribution in [0.4, 0.5) is 0 Å². The van der Waals surface area contributed by atoms with E-state index in [9.17, 15) is 9.59 Å². The summed E-state index contributed by atoms with van der Waals surface area (Å²) in [5.41, 5.74) is 1.07. The van der Waals surface area contributed by atoms with Crippen LogP contribution in [-0.2, 0) is 4.74 Å². The first-order valence-electron chi connectivity index (χ1n) is 10.4. The van der Waals surface area contributed by atoms with Crippen molar-refractivity contribution in [1.29, 1.82) is 0 Å². The molecule has 0 saturated carbocycles. The minimum Gasteiger partial charge on any atom is -0.467 e. The lowest BCUT2D eigenvalue weighted by Crippen LogP contribution is -2.50. The second-order valence-corrected chi connectivity index (χ2v) is 8.60. The van der Waals surface area contributed by atoms with Crippen molar-refractivity contribution in [2.45, 2.75) is 37.8 Å². The van der Waals surface area contributed by atoms with Gasteiger partial charge in [-0.2, -0.15) is 0 Å². The second-order valence-electron chi connectivity index (χ2n) is 7.74. The summed E-state index contributed by atoms with van der Waals surface area (Å²) in [7, 11) is 1.35. The Morgan fingerprint density at radius 2 is 1.67 bits per heavy atom. The van der Waals surface area contributed by atoms with Crippen LogP contribution in [0.5, 0.6) is 5.19 Å². The molecule has 2 aromatic rings. The largest absolute Gasteiger partial charge is 0.467 e. The van der Waals surface area contributed by atoms with Crippen LogP contribution in [0.2, 0.25) is 0 Å². The van der Waals surface area contributed by atoms with E-state index in [1.165, 1.54) is 7.11 Å². The van der Waals surface area contributed by atoms with Gasteiger partial charge in [0, 0.05) is 49.4 Å². The summed E-state index contributed by atoms with van der Waals surface area (Å²) in [5, 5.41) is 2.70. The normalized spacial score (nSPS) is 18.9. The molecule has 8 heteroatoms. The van der Waals surface area contributed by atoms with E-state index in [0.717, 1.165) is 57.1 Å². The number of thiazole rings is 1. The molecule has 0 radical (unpaired) electrons. The summed E-state index contributed by atoms with van der Waals surface area (Å²) in [6.45, 7) is 3.59. The summed E-state index contributed by atoms with van der Waals surface area (Å²) < 4.78 is 10.7. The molecule has 2 fully saturated rings. The molecule has 0 aliphatic carbocycles. The highest BCUT2D eigenvalue weighted by Crippen LogP contribution is 2.25. The zero-order chi connectivity index (χ0) is 20.9. The van der Waals surface area contributed by atoms with Crippen molar-refractivity contribution < 1.29 is 19.1 Å². The van der Waals surface area contributed by atoms with E-state index in [4.69, 9.17) is 9.47 Å². The molecule has 2 aliphatic heterocycles. The van der Waals surface area contributed by atoms with Crippen LogP contribution >= 0.6 is 11.3 Å². The highest BCUT2D eigenvalue weighted by molar-refractivity contribution is 7.11. The smallest absolute Gasteiger partial charge is 0.337 e. The van der Waals surface area contributed by atoms with E-state index < -0.39 is 5.97 Å². The molecule has 2 aliphatic rings. The van der Waals surface area contributed by atoms with Gasteiger partial charge in [-0.3, -0.25) is 9.69 Å². The second kappa shape index (κ2) is 9.57. The molecule has 0 bridgehead atoms. The Kier molecular flexibility index (Phi) is 6.64. The van der Waals surface area contributed by atoms with E-state index in [0.29, 0.717) is 17.2 Å². The number of likely N-dealkylation sites (tertiary alicyclic amines) is 2. The van der Waals surface area contributed by atoms with Crippen LogP contribution in [-0.4, -0.2) is 72.1 Å². The van der Waals surface area contributed by atoms with Crippen molar-refractivity contribution >= 4 is 23.2 Å². The van der Waals surface area contributed by atoms with Crippen LogP contribution in [0.1, 0.15) is 46.4 Å². The SMILES string of the molecule is COC(=O)c1ccc(C(=O)N2CCC(N3CCC(Oc4nccs4)CC3)CC2)cc1. The highest BCUT2D eigenvalue weighted by atomic mass is 32.1. The summed E-state index contributed by atoms with van der Waals surface area (Å²) in [4.78, 5) is 33.0. The number of hydrogen-bond donors (Lipinski definition) is 0. The number of rotatable bonds is 5. The molecule has 3 heterocycles. The van der Waals surface area contributed by atoms with Crippen LogP contribution in [0, 0.1) is 0 Å². The molecule has 30 heavy (non-hydrogen) atoms. The monoisotopic (exact) mass is 429 g/mol. The highest BCUT2D eigenvalue weighted by Gasteiger charge is 2.30. The third-order valence-electron chi connectivity index (χ3n) is 5.97. The number of ether oxygens (including phenoxy) is 2. The average molecular weight is 430 g/mol. The van der Waals surface area contributed by atoms with Gasteiger partial charge in [-0.15, -0.1) is 0 Å². The minimum atomic E-state index is -0.393. The Balaban J connectivity index is 1.24. The molecule has 4 rings (SSSR count). The van der Waals surface area contributed by atoms with Crippen LogP contribution in [0.15, 0.2) is 35.8 Å². The Morgan fingerprint density at radius 3 is 2.27 bits per heavy atom. The number of piperidine rings is 2. The predicted octanol–water partition coefficient (Wildman–Crippen LogP) is 3.08. The fraction of sp³-hybridized carbons (Fsp3) is 0.500. The number of carbonyl (C=O) groups excluding carboxylic acids is 2. The lowest BCUT2D eigenvalue weighted by atomic mass is 9.98. The summed E-state index contributed by atoms with van der Waals surface area (Å²) in [6.07, 6.45) is 6.05. The summed E-state index contributed by atoms with van der Waals surface area (Å²) in [5.74, 6) is -0.365. The van der Waals surface area contributed by atoms with Gasteiger partial charge in [-0.05, 0) is 49.9 Å². The maximum absolute atomic E-state index is 12.8. The van der Waals surface area contributed by atoms with Gasteiger partial charge in [-0.1, -0.05) is 11.3 Å². The van der Waals surface area contributed by atoms with Crippen molar-refractivity contribution in [2.75, 3.05) is 33.3 Å². The van der Waals surface area contributed by atoms with Crippen molar-refractivity contribution in [3.8, 4) is 5.19 Å². The van der Waals surface area contributed by atoms with Gasteiger partial charge in [0.1, 0.15) is 6.10 Å². The van der Waals surface area contributed by atoms with Crippen molar-refractivity contribution in [3.05, 3.63) is 47.0 Å². The summed E-state index contributed by atoms with van der Waals surface area (Å²) >= 11 is 1.54. The molecule has 7 nitrogen and oxygen atoms in total. The number of methoxy groups -OCH3 is 1. The first kappa shape index (κ1) is 20.8. The molecular weight excluding hydrogens is 402 g/mol. The summed E-state index contributed by atoms with van der Waals surface area (Å²) in [6, 6.07) is 7.21. The number of benzene rings is 1. The number of nitrogens with zero attached hydrogens (tertiary/aromatic N) is 3. The Labute approximate surface area is 180 Å². The molecule has 1 aromatic carbocycles. The van der Waals surface area contributed by atoms with Crippen molar-refractivity contribution in [3.63, 3.8) is 0 Å². The topological polar surface area (TPSA) is 72.0 Å².